The molecule has 0 unspecified atom stereocenters. The highest BCUT2D eigenvalue weighted by Crippen LogP contribution is 2.35. The van der Waals surface area contributed by atoms with Crippen molar-refractivity contribution in [3.05, 3.63) is 29.1 Å². The smallest absolute Gasteiger partial charge is 0.418 e. The Morgan fingerprint density at radius 1 is 1.33 bits per heavy atom. The number of rotatable bonds is 1. The van der Waals surface area contributed by atoms with Gasteiger partial charge < -0.3 is 10.8 Å². The number of anilines is 1. The topological polar surface area (TPSA) is 63.3 Å². The van der Waals surface area contributed by atoms with Gasteiger partial charge in [-0.05, 0) is 12.1 Å². The molecule has 1 rings (SSSR count). The van der Waals surface area contributed by atoms with Crippen LogP contribution in [0.3, 0.4) is 0 Å². The van der Waals surface area contributed by atoms with Crippen LogP contribution in [0, 0.1) is 5.82 Å². The minimum atomic E-state index is -4.80. The second-order valence-electron chi connectivity index (χ2n) is 2.69. The zero-order chi connectivity index (χ0) is 11.8. The van der Waals surface area contributed by atoms with Crippen LogP contribution in [-0.4, -0.2) is 11.1 Å². The summed E-state index contributed by atoms with van der Waals surface area (Å²) in [5.41, 5.74) is 1.29. The van der Waals surface area contributed by atoms with Gasteiger partial charge in [-0.2, -0.15) is 13.2 Å². The van der Waals surface area contributed by atoms with Crippen molar-refractivity contribution < 1.29 is 27.5 Å². The predicted octanol–water partition coefficient (Wildman–Crippen LogP) is 2.12. The maximum absolute atomic E-state index is 12.8. The lowest BCUT2D eigenvalue weighted by molar-refractivity contribution is -0.136. The summed E-state index contributed by atoms with van der Waals surface area (Å²) in [7, 11) is 0. The fourth-order valence-corrected chi connectivity index (χ4v) is 1.06. The van der Waals surface area contributed by atoms with E-state index >= 15 is 0 Å². The van der Waals surface area contributed by atoms with Gasteiger partial charge in [-0.3, -0.25) is 0 Å². The van der Waals surface area contributed by atoms with Crippen molar-refractivity contribution in [2.75, 3.05) is 5.73 Å². The quantitative estimate of drug-likeness (QED) is 0.566. The van der Waals surface area contributed by atoms with Crippen LogP contribution in [0.15, 0.2) is 12.1 Å². The van der Waals surface area contributed by atoms with E-state index in [4.69, 9.17) is 10.8 Å². The van der Waals surface area contributed by atoms with E-state index in [1.165, 1.54) is 0 Å². The summed E-state index contributed by atoms with van der Waals surface area (Å²) >= 11 is 0. The fraction of sp³-hybridized carbons (Fsp3) is 0.125. The van der Waals surface area contributed by atoms with Crippen molar-refractivity contribution in [2.24, 2.45) is 0 Å². The lowest BCUT2D eigenvalue weighted by Crippen LogP contribution is -2.14. The zero-order valence-corrected chi connectivity index (χ0v) is 7.10. The van der Waals surface area contributed by atoms with E-state index in [1.807, 2.05) is 0 Å². The van der Waals surface area contributed by atoms with Crippen molar-refractivity contribution in [2.45, 2.75) is 6.18 Å². The van der Waals surface area contributed by atoms with Gasteiger partial charge >= 0.3 is 12.1 Å². The Balaban J connectivity index is 3.49. The average molecular weight is 223 g/mol. The molecule has 0 fully saturated rings. The molecule has 82 valence electrons. The van der Waals surface area contributed by atoms with E-state index < -0.39 is 34.8 Å². The highest BCUT2D eigenvalue weighted by Gasteiger charge is 2.35. The SMILES string of the molecule is Nc1c(C(F)(F)F)ccc(F)c1C(=O)O. The van der Waals surface area contributed by atoms with Crippen LogP contribution in [0.4, 0.5) is 23.2 Å². The molecule has 15 heavy (non-hydrogen) atoms. The minimum Gasteiger partial charge on any atom is -0.478 e. The number of hydrogen-bond acceptors (Lipinski definition) is 2. The summed E-state index contributed by atoms with van der Waals surface area (Å²) in [6, 6.07) is 0.819. The zero-order valence-electron chi connectivity index (χ0n) is 7.10. The van der Waals surface area contributed by atoms with Gasteiger partial charge in [-0.15, -0.1) is 0 Å². The van der Waals surface area contributed by atoms with Gasteiger partial charge in [0.05, 0.1) is 11.3 Å². The summed E-state index contributed by atoms with van der Waals surface area (Å²) in [5, 5.41) is 8.45. The molecule has 0 saturated heterocycles. The molecule has 0 spiro atoms. The first kappa shape index (κ1) is 11.3. The third-order valence-corrected chi connectivity index (χ3v) is 1.71. The Bertz CT molecular complexity index is 414. The number of hydrogen-bond donors (Lipinski definition) is 2. The number of halogens is 4. The van der Waals surface area contributed by atoms with Crippen molar-refractivity contribution in [3.8, 4) is 0 Å². The van der Waals surface area contributed by atoms with Crippen molar-refractivity contribution in [1.82, 2.24) is 0 Å². The lowest BCUT2D eigenvalue weighted by Gasteiger charge is -2.11. The molecular weight excluding hydrogens is 218 g/mol. The Kier molecular flexibility index (Phi) is 2.57. The fourth-order valence-electron chi connectivity index (χ4n) is 1.06. The summed E-state index contributed by atoms with van der Waals surface area (Å²) in [4.78, 5) is 10.4. The van der Waals surface area contributed by atoms with Crippen LogP contribution >= 0.6 is 0 Å². The largest absolute Gasteiger partial charge is 0.478 e. The third kappa shape index (κ3) is 2.00. The van der Waals surface area contributed by atoms with E-state index in [2.05, 4.69) is 0 Å². The number of carboxylic acids is 1. The van der Waals surface area contributed by atoms with Crippen LogP contribution < -0.4 is 5.73 Å². The van der Waals surface area contributed by atoms with Gasteiger partial charge in [0.1, 0.15) is 11.4 Å². The highest BCUT2D eigenvalue weighted by molar-refractivity contribution is 5.94. The molecule has 0 amide bonds. The monoisotopic (exact) mass is 223 g/mol. The van der Waals surface area contributed by atoms with Crippen molar-refractivity contribution in [1.29, 1.82) is 0 Å². The molecule has 0 bridgehead atoms. The number of benzene rings is 1. The molecule has 1 aromatic carbocycles. The molecule has 0 aliphatic heterocycles. The van der Waals surface area contributed by atoms with Gasteiger partial charge in [0.15, 0.2) is 0 Å². The molecule has 0 atom stereocenters. The Labute approximate surface area is 81.1 Å². The first-order chi connectivity index (χ1) is 6.75. The number of nitrogen functional groups attached to an aromatic ring is 1. The van der Waals surface area contributed by atoms with Crippen LogP contribution in [-0.2, 0) is 6.18 Å². The van der Waals surface area contributed by atoms with Crippen LogP contribution in [0.5, 0.6) is 0 Å². The number of carbonyl (C=O) groups is 1. The molecule has 1 aromatic rings. The Morgan fingerprint density at radius 3 is 2.27 bits per heavy atom. The molecule has 0 saturated carbocycles. The molecule has 0 aromatic heterocycles. The number of alkyl halides is 3. The normalized spacial score (nSPS) is 11.5. The average Bonchev–Trinajstić information content (AvgIpc) is 2.00. The van der Waals surface area contributed by atoms with E-state index in [0.29, 0.717) is 12.1 Å². The van der Waals surface area contributed by atoms with Gasteiger partial charge in [-0.25, -0.2) is 9.18 Å². The summed E-state index contributed by atoms with van der Waals surface area (Å²) in [5.74, 6) is -3.14. The van der Waals surface area contributed by atoms with Crippen molar-refractivity contribution in [3.63, 3.8) is 0 Å². The molecule has 0 aliphatic rings. The standard InChI is InChI=1S/C8H5F4NO2/c9-4-2-1-3(8(10,11)12)6(13)5(4)7(14)15/h1-2H,13H2,(H,14,15). The Hall–Kier alpha value is -1.79. The van der Waals surface area contributed by atoms with E-state index in [1.54, 1.807) is 0 Å². The first-order valence-corrected chi connectivity index (χ1v) is 3.63. The summed E-state index contributed by atoms with van der Waals surface area (Å²) in [6.07, 6.45) is -4.80. The maximum Gasteiger partial charge on any atom is 0.418 e. The summed E-state index contributed by atoms with van der Waals surface area (Å²) in [6.45, 7) is 0. The molecule has 7 heteroatoms. The lowest BCUT2D eigenvalue weighted by atomic mass is 10.1. The van der Waals surface area contributed by atoms with Crippen LogP contribution in [0.1, 0.15) is 15.9 Å². The van der Waals surface area contributed by atoms with Gasteiger partial charge in [0.25, 0.3) is 0 Å². The highest BCUT2D eigenvalue weighted by atomic mass is 19.4. The second-order valence-corrected chi connectivity index (χ2v) is 2.69. The molecular formula is C8H5F4NO2. The van der Waals surface area contributed by atoms with Crippen molar-refractivity contribution >= 4 is 11.7 Å². The minimum absolute atomic E-state index is 0.400. The van der Waals surface area contributed by atoms with Crippen LogP contribution in [0.2, 0.25) is 0 Å². The third-order valence-electron chi connectivity index (χ3n) is 1.71. The number of carboxylic acid groups (broad SMARTS) is 1. The van der Waals surface area contributed by atoms with Gasteiger partial charge in [0, 0.05) is 0 Å². The predicted molar refractivity (Wildman–Crippen MR) is 42.8 cm³/mol. The molecule has 3 N–H and O–H groups in total. The van der Waals surface area contributed by atoms with Gasteiger partial charge in [0.2, 0.25) is 0 Å². The Morgan fingerprint density at radius 2 is 1.87 bits per heavy atom. The van der Waals surface area contributed by atoms with E-state index in [-0.39, 0.29) is 0 Å². The number of nitrogens with two attached hydrogens (primary N) is 1. The molecule has 0 heterocycles. The first-order valence-electron chi connectivity index (χ1n) is 3.63. The van der Waals surface area contributed by atoms with Gasteiger partial charge in [-0.1, -0.05) is 0 Å². The van der Waals surface area contributed by atoms with E-state index in [9.17, 15) is 22.4 Å². The second kappa shape index (κ2) is 3.41. The molecule has 0 radical (unpaired) electrons. The number of aromatic carboxylic acids is 1. The maximum atomic E-state index is 12.8. The summed E-state index contributed by atoms with van der Waals surface area (Å²) < 4.78 is 49.5. The van der Waals surface area contributed by atoms with E-state index in [0.717, 1.165) is 0 Å². The molecule has 3 nitrogen and oxygen atoms in total. The molecule has 0 aliphatic carbocycles. The van der Waals surface area contributed by atoms with Crippen LogP contribution in [0.25, 0.3) is 0 Å².